The molecule has 142 valence electrons. The fourth-order valence-electron chi connectivity index (χ4n) is 3.15. The van der Waals surface area contributed by atoms with E-state index in [0.29, 0.717) is 10.8 Å². The zero-order valence-corrected chi connectivity index (χ0v) is 15.4. The van der Waals surface area contributed by atoms with Crippen LogP contribution in [0.1, 0.15) is 5.56 Å². The second kappa shape index (κ2) is 6.24. The van der Waals surface area contributed by atoms with Crippen LogP contribution in [-0.2, 0) is 14.8 Å². The predicted molar refractivity (Wildman–Crippen MR) is 103 cm³/mol. The number of benzene rings is 2. The van der Waals surface area contributed by atoms with Crippen molar-refractivity contribution >= 4 is 38.3 Å². The SMILES string of the molecule is CN1C(C(=O)Nc2ncccc2O)=C(O)c2ccc3ccccc3c2S1(=O)=O. The Kier molecular flexibility index (Phi) is 3.97. The molecule has 8 nitrogen and oxygen atoms in total. The lowest BCUT2D eigenvalue weighted by atomic mass is 10.0. The Hall–Kier alpha value is -3.59. The summed E-state index contributed by atoms with van der Waals surface area (Å²) in [4.78, 5) is 16.5. The van der Waals surface area contributed by atoms with Gasteiger partial charge in [0.15, 0.2) is 23.0 Å². The molecule has 28 heavy (non-hydrogen) atoms. The number of sulfonamides is 1. The van der Waals surface area contributed by atoms with Crippen LogP contribution in [0, 0.1) is 0 Å². The summed E-state index contributed by atoms with van der Waals surface area (Å²) in [5.41, 5.74) is -0.431. The number of carbonyl (C=O) groups excluding carboxylic acids is 1. The van der Waals surface area contributed by atoms with Crippen molar-refractivity contribution in [3.8, 4) is 5.75 Å². The predicted octanol–water partition coefficient (Wildman–Crippen LogP) is 2.44. The van der Waals surface area contributed by atoms with E-state index < -0.39 is 27.4 Å². The number of carbonyl (C=O) groups is 1. The van der Waals surface area contributed by atoms with Crippen LogP contribution >= 0.6 is 0 Å². The maximum absolute atomic E-state index is 13.1. The topological polar surface area (TPSA) is 120 Å². The maximum Gasteiger partial charge on any atom is 0.278 e. The molecule has 0 saturated heterocycles. The third-order valence-corrected chi connectivity index (χ3v) is 6.39. The molecular weight excluding hydrogens is 382 g/mol. The molecule has 0 fully saturated rings. The highest BCUT2D eigenvalue weighted by atomic mass is 32.2. The molecule has 0 unspecified atom stereocenters. The largest absolute Gasteiger partial charge is 0.505 e. The highest BCUT2D eigenvalue weighted by Gasteiger charge is 2.39. The number of aromatic nitrogens is 1. The van der Waals surface area contributed by atoms with Gasteiger partial charge in [-0.2, -0.15) is 0 Å². The summed E-state index contributed by atoms with van der Waals surface area (Å²) in [5.74, 6) is -1.84. The average Bonchev–Trinajstić information content (AvgIpc) is 2.68. The molecule has 3 N–H and O–H groups in total. The van der Waals surface area contributed by atoms with Gasteiger partial charge in [-0.15, -0.1) is 0 Å². The van der Waals surface area contributed by atoms with E-state index >= 15 is 0 Å². The molecule has 4 rings (SSSR count). The van der Waals surface area contributed by atoms with Gasteiger partial charge >= 0.3 is 0 Å². The fraction of sp³-hybridized carbons (Fsp3) is 0.0526. The molecule has 1 aromatic heterocycles. The zero-order chi connectivity index (χ0) is 20.1. The van der Waals surface area contributed by atoms with Gasteiger partial charge in [0, 0.05) is 24.2 Å². The Balaban J connectivity index is 1.91. The van der Waals surface area contributed by atoms with Crippen LogP contribution in [0.2, 0.25) is 0 Å². The Morgan fingerprint density at radius 2 is 1.82 bits per heavy atom. The zero-order valence-electron chi connectivity index (χ0n) is 14.6. The Morgan fingerprint density at radius 3 is 2.57 bits per heavy atom. The van der Waals surface area contributed by atoms with Gasteiger partial charge in [0.05, 0.1) is 0 Å². The summed E-state index contributed by atoms with van der Waals surface area (Å²) in [5, 5.41) is 24.0. The Labute approximate surface area is 160 Å². The normalized spacial score (nSPS) is 15.4. The second-order valence-electron chi connectivity index (χ2n) is 6.16. The first-order chi connectivity index (χ1) is 13.3. The van der Waals surface area contributed by atoms with Crippen LogP contribution < -0.4 is 5.32 Å². The molecule has 0 bridgehead atoms. The van der Waals surface area contributed by atoms with Gasteiger partial charge in [-0.05, 0) is 23.6 Å². The van der Waals surface area contributed by atoms with E-state index in [1.165, 1.54) is 31.4 Å². The van der Waals surface area contributed by atoms with Crippen molar-refractivity contribution in [3.05, 3.63) is 66.0 Å². The number of hydrogen-bond acceptors (Lipinski definition) is 6. The van der Waals surface area contributed by atoms with E-state index in [4.69, 9.17) is 0 Å². The number of rotatable bonds is 2. The average molecular weight is 397 g/mol. The van der Waals surface area contributed by atoms with Crippen LogP contribution in [0.3, 0.4) is 0 Å². The van der Waals surface area contributed by atoms with Crippen LogP contribution in [-0.4, -0.2) is 40.9 Å². The summed E-state index contributed by atoms with van der Waals surface area (Å²) in [6.07, 6.45) is 1.35. The number of likely N-dealkylation sites (N-methyl/N-ethyl adjacent to an activating group) is 1. The number of aliphatic hydroxyl groups is 1. The third-order valence-electron chi connectivity index (χ3n) is 4.53. The number of aromatic hydroxyl groups is 1. The fourth-order valence-corrected chi connectivity index (χ4v) is 4.74. The van der Waals surface area contributed by atoms with Gasteiger partial charge in [0.2, 0.25) is 0 Å². The van der Waals surface area contributed by atoms with Crippen LogP contribution in [0.25, 0.3) is 16.5 Å². The lowest BCUT2D eigenvalue weighted by Gasteiger charge is -2.29. The number of pyridine rings is 1. The van der Waals surface area contributed by atoms with E-state index in [1.807, 2.05) is 0 Å². The Morgan fingerprint density at radius 1 is 1.07 bits per heavy atom. The number of amides is 1. The lowest BCUT2D eigenvalue weighted by Crippen LogP contribution is -2.37. The number of fused-ring (bicyclic) bond motifs is 3. The van der Waals surface area contributed by atoms with Crippen molar-refractivity contribution in [1.82, 2.24) is 9.29 Å². The molecule has 1 aliphatic heterocycles. The van der Waals surface area contributed by atoms with Gasteiger partial charge in [-0.25, -0.2) is 13.4 Å². The molecular formula is C19H15N3O5S. The summed E-state index contributed by atoms with van der Waals surface area (Å²) >= 11 is 0. The summed E-state index contributed by atoms with van der Waals surface area (Å²) < 4.78 is 27.0. The van der Waals surface area contributed by atoms with E-state index in [0.717, 1.165) is 4.31 Å². The van der Waals surface area contributed by atoms with E-state index in [2.05, 4.69) is 10.3 Å². The van der Waals surface area contributed by atoms with Crippen molar-refractivity contribution in [2.24, 2.45) is 0 Å². The third kappa shape index (κ3) is 2.55. The number of nitrogens with one attached hydrogen (secondary N) is 1. The molecule has 0 spiro atoms. The standard InChI is InChI=1S/C19H15N3O5S/c1-22-15(19(25)21-18-14(23)7-4-10-20-18)16(24)13-9-8-11-5-2-3-6-12(11)17(13)28(22,26)27/h2-10,23-24H,1H3,(H,20,21,25). The van der Waals surface area contributed by atoms with Crippen molar-refractivity contribution in [2.75, 3.05) is 12.4 Å². The first kappa shape index (κ1) is 17.8. The minimum absolute atomic E-state index is 0.0344. The summed E-state index contributed by atoms with van der Waals surface area (Å²) in [7, 11) is -2.92. The molecule has 9 heteroatoms. The molecule has 1 amide bonds. The minimum atomic E-state index is -4.11. The van der Waals surface area contributed by atoms with Crippen LogP contribution in [0.4, 0.5) is 5.82 Å². The molecule has 0 atom stereocenters. The lowest BCUT2D eigenvalue weighted by molar-refractivity contribution is -0.113. The first-order valence-electron chi connectivity index (χ1n) is 8.22. The van der Waals surface area contributed by atoms with Gasteiger partial charge in [0.1, 0.15) is 4.90 Å². The molecule has 2 heterocycles. The van der Waals surface area contributed by atoms with Crippen LogP contribution in [0.15, 0.2) is 65.3 Å². The molecule has 3 aromatic rings. The first-order valence-corrected chi connectivity index (χ1v) is 9.66. The molecule has 0 radical (unpaired) electrons. The van der Waals surface area contributed by atoms with Gasteiger partial charge in [-0.1, -0.05) is 30.3 Å². The summed E-state index contributed by atoms with van der Waals surface area (Å²) in [6, 6.07) is 12.8. The van der Waals surface area contributed by atoms with Gasteiger partial charge < -0.3 is 15.5 Å². The van der Waals surface area contributed by atoms with Crippen molar-refractivity contribution in [1.29, 1.82) is 0 Å². The van der Waals surface area contributed by atoms with Crippen molar-refractivity contribution < 1.29 is 23.4 Å². The second-order valence-corrected chi connectivity index (χ2v) is 8.06. The molecule has 2 aromatic carbocycles. The molecule has 0 saturated carbocycles. The van der Waals surface area contributed by atoms with Crippen LogP contribution in [0.5, 0.6) is 5.75 Å². The highest BCUT2D eigenvalue weighted by molar-refractivity contribution is 7.89. The Bertz CT molecular complexity index is 1270. The maximum atomic E-state index is 13.1. The number of anilines is 1. The van der Waals surface area contributed by atoms with Crippen molar-refractivity contribution in [2.45, 2.75) is 4.90 Å². The number of nitrogens with zero attached hydrogens (tertiary/aromatic N) is 2. The highest BCUT2D eigenvalue weighted by Crippen LogP contribution is 2.39. The smallest absolute Gasteiger partial charge is 0.278 e. The molecule has 1 aliphatic rings. The molecule has 0 aliphatic carbocycles. The van der Waals surface area contributed by atoms with E-state index in [1.54, 1.807) is 30.3 Å². The number of hydrogen-bond donors (Lipinski definition) is 3. The van der Waals surface area contributed by atoms with E-state index in [9.17, 15) is 23.4 Å². The number of aliphatic hydroxyl groups excluding tert-OH is 1. The van der Waals surface area contributed by atoms with Gasteiger partial charge in [0.25, 0.3) is 15.9 Å². The monoisotopic (exact) mass is 397 g/mol. The van der Waals surface area contributed by atoms with E-state index in [-0.39, 0.29) is 22.0 Å². The van der Waals surface area contributed by atoms with Crippen molar-refractivity contribution in [3.63, 3.8) is 0 Å². The minimum Gasteiger partial charge on any atom is -0.505 e. The quantitative estimate of drug-likeness (QED) is 0.611. The van der Waals surface area contributed by atoms with Gasteiger partial charge in [-0.3, -0.25) is 9.10 Å². The summed E-state index contributed by atoms with van der Waals surface area (Å²) in [6.45, 7) is 0.